The molecule has 0 aromatic carbocycles. The van der Waals surface area contributed by atoms with E-state index in [9.17, 15) is 4.79 Å². The molecule has 0 spiro atoms. The molecule has 0 radical (unpaired) electrons. The lowest BCUT2D eigenvalue weighted by molar-refractivity contribution is -0.136. The SMILES string of the molecule is CCC=C=C(CCC)C(=O)OC. The molecule has 0 N–H and O–H groups in total. The first kappa shape index (κ1) is 11.0. The zero-order valence-corrected chi connectivity index (χ0v) is 8.02. The lowest BCUT2D eigenvalue weighted by Crippen LogP contribution is -2.03. The number of methoxy groups -OCH3 is 1. The summed E-state index contributed by atoms with van der Waals surface area (Å²) < 4.78 is 4.60. The molecule has 0 aromatic rings. The van der Waals surface area contributed by atoms with Crippen LogP contribution in [0.1, 0.15) is 33.1 Å². The smallest absolute Gasteiger partial charge is 0.341 e. The second kappa shape index (κ2) is 6.68. The van der Waals surface area contributed by atoms with Gasteiger partial charge in [-0.25, -0.2) is 4.79 Å². The second-order valence-corrected chi connectivity index (χ2v) is 2.48. The Morgan fingerprint density at radius 2 is 2.17 bits per heavy atom. The van der Waals surface area contributed by atoms with Gasteiger partial charge >= 0.3 is 5.97 Å². The number of carbonyl (C=O) groups excluding carboxylic acids is 1. The van der Waals surface area contributed by atoms with Gasteiger partial charge in [0, 0.05) is 0 Å². The Kier molecular flexibility index (Phi) is 6.12. The molecular weight excluding hydrogens is 152 g/mol. The van der Waals surface area contributed by atoms with Crippen molar-refractivity contribution in [3.63, 3.8) is 0 Å². The van der Waals surface area contributed by atoms with Crippen molar-refractivity contribution < 1.29 is 9.53 Å². The van der Waals surface area contributed by atoms with E-state index in [-0.39, 0.29) is 5.97 Å². The van der Waals surface area contributed by atoms with Crippen LogP contribution in [-0.2, 0) is 9.53 Å². The van der Waals surface area contributed by atoms with Crippen molar-refractivity contribution >= 4 is 5.97 Å². The standard InChI is InChI=1S/C10H16O2/c1-4-6-8-9(7-5-2)10(11)12-3/h6H,4-5,7H2,1-3H3. The summed E-state index contributed by atoms with van der Waals surface area (Å²) in [7, 11) is 1.39. The number of carbonyl (C=O) groups is 1. The molecule has 0 heterocycles. The number of hydrogen-bond donors (Lipinski definition) is 0. The minimum atomic E-state index is -0.262. The largest absolute Gasteiger partial charge is 0.465 e. The van der Waals surface area contributed by atoms with Crippen LogP contribution in [-0.4, -0.2) is 13.1 Å². The summed E-state index contributed by atoms with van der Waals surface area (Å²) >= 11 is 0. The third-order valence-corrected chi connectivity index (χ3v) is 1.41. The summed E-state index contributed by atoms with van der Waals surface area (Å²) in [5.74, 6) is -0.262. The summed E-state index contributed by atoms with van der Waals surface area (Å²) in [6.07, 6.45) is 4.42. The fourth-order valence-electron chi connectivity index (χ4n) is 0.832. The molecular formula is C10H16O2. The Bertz CT molecular complexity index is 198. The van der Waals surface area contributed by atoms with Gasteiger partial charge in [0.05, 0.1) is 12.7 Å². The highest BCUT2D eigenvalue weighted by Crippen LogP contribution is 2.04. The fraction of sp³-hybridized carbons (Fsp3) is 0.600. The van der Waals surface area contributed by atoms with Crippen LogP contribution in [0.15, 0.2) is 17.4 Å². The van der Waals surface area contributed by atoms with Crippen LogP contribution >= 0.6 is 0 Å². The summed E-state index contributed by atoms with van der Waals surface area (Å²) in [5.41, 5.74) is 3.58. The van der Waals surface area contributed by atoms with Gasteiger partial charge in [-0.3, -0.25) is 0 Å². The number of rotatable bonds is 4. The third kappa shape index (κ3) is 3.99. The molecule has 0 aliphatic carbocycles. The summed E-state index contributed by atoms with van der Waals surface area (Å²) in [5, 5.41) is 0. The Labute approximate surface area is 73.9 Å². The minimum Gasteiger partial charge on any atom is -0.465 e. The Morgan fingerprint density at radius 3 is 2.58 bits per heavy atom. The Morgan fingerprint density at radius 1 is 1.50 bits per heavy atom. The van der Waals surface area contributed by atoms with Gasteiger partial charge in [0.15, 0.2) is 0 Å². The minimum absolute atomic E-state index is 0.262. The zero-order valence-electron chi connectivity index (χ0n) is 8.02. The van der Waals surface area contributed by atoms with E-state index in [1.165, 1.54) is 7.11 Å². The maximum atomic E-state index is 11.1. The third-order valence-electron chi connectivity index (χ3n) is 1.41. The highest BCUT2D eigenvalue weighted by Gasteiger charge is 2.05. The molecule has 12 heavy (non-hydrogen) atoms. The van der Waals surface area contributed by atoms with E-state index in [0.717, 1.165) is 19.3 Å². The van der Waals surface area contributed by atoms with Crippen LogP contribution in [0, 0.1) is 0 Å². The highest BCUT2D eigenvalue weighted by molar-refractivity contribution is 5.87. The van der Waals surface area contributed by atoms with Crippen molar-refractivity contribution in [2.75, 3.05) is 7.11 Å². The van der Waals surface area contributed by atoms with Gasteiger partial charge < -0.3 is 4.74 Å². The first-order chi connectivity index (χ1) is 5.76. The van der Waals surface area contributed by atoms with Crippen LogP contribution in [0.25, 0.3) is 0 Å². The van der Waals surface area contributed by atoms with Crippen molar-refractivity contribution in [1.82, 2.24) is 0 Å². The van der Waals surface area contributed by atoms with E-state index in [1.54, 1.807) is 0 Å². The van der Waals surface area contributed by atoms with Crippen molar-refractivity contribution in [3.05, 3.63) is 17.4 Å². The number of ether oxygens (including phenoxy) is 1. The molecule has 0 aliphatic rings. The van der Waals surface area contributed by atoms with E-state index in [1.807, 2.05) is 19.9 Å². The van der Waals surface area contributed by atoms with Crippen LogP contribution in [0.5, 0.6) is 0 Å². The van der Waals surface area contributed by atoms with Crippen LogP contribution in [0.4, 0.5) is 0 Å². The molecule has 0 saturated carbocycles. The van der Waals surface area contributed by atoms with Gasteiger partial charge in [-0.2, -0.15) is 0 Å². The molecule has 0 unspecified atom stereocenters. The first-order valence-corrected chi connectivity index (χ1v) is 4.28. The Balaban J connectivity index is 4.42. The van der Waals surface area contributed by atoms with Gasteiger partial charge in [0.25, 0.3) is 0 Å². The molecule has 0 saturated heterocycles. The predicted molar refractivity (Wildman–Crippen MR) is 48.8 cm³/mol. The first-order valence-electron chi connectivity index (χ1n) is 4.28. The van der Waals surface area contributed by atoms with E-state index < -0.39 is 0 Å². The molecule has 2 nitrogen and oxygen atoms in total. The molecule has 0 aromatic heterocycles. The zero-order chi connectivity index (χ0) is 9.40. The molecule has 2 heteroatoms. The van der Waals surface area contributed by atoms with Crippen molar-refractivity contribution in [1.29, 1.82) is 0 Å². The van der Waals surface area contributed by atoms with Crippen LogP contribution in [0.3, 0.4) is 0 Å². The van der Waals surface area contributed by atoms with Gasteiger partial charge in [-0.1, -0.05) is 20.3 Å². The number of hydrogen-bond acceptors (Lipinski definition) is 2. The predicted octanol–water partition coefficient (Wildman–Crippen LogP) is 2.45. The lowest BCUT2D eigenvalue weighted by atomic mass is 10.1. The van der Waals surface area contributed by atoms with Crippen LogP contribution < -0.4 is 0 Å². The molecule has 0 fully saturated rings. The van der Waals surface area contributed by atoms with Crippen molar-refractivity contribution in [2.24, 2.45) is 0 Å². The fourth-order valence-corrected chi connectivity index (χ4v) is 0.832. The molecule has 0 atom stereocenters. The maximum absolute atomic E-state index is 11.1. The van der Waals surface area contributed by atoms with Crippen molar-refractivity contribution in [3.8, 4) is 0 Å². The van der Waals surface area contributed by atoms with Gasteiger partial charge in [0.1, 0.15) is 0 Å². The van der Waals surface area contributed by atoms with E-state index in [4.69, 9.17) is 0 Å². The van der Waals surface area contributed by atoms with Gasteiger partial charge in [-0.15, -0.1) is 5.73 Å². The second-order valence-electron chi connectivity index (χ2n) is 2.48. The average molecular weight is 168 g/mol. The van der Waals surface area contributed by atoms with Crippen molar-refractivity contribution in [2.45, 2.75) is 33.1 Å². The number of esters is 1. The lowest BCUT2D eigenvalue weighted by Gasteiger charge is -1.98. The van der Waals surface area contributed by atoms with E-state index >= 15 is 0 Å². The highest BCUT2D eigenvalue weighted by atomic mass is 16.5. The summed E-state index contributed by atoms with van der Waals surface area (Å²) in [4.78, 5) is 11.1. The molecule has 0 bridgehead atoms. The molecule has 68 valence electrons. The Hall–Kier alpha value is -1.01. The monoisotopic (exact) mass is 168 g/mol. The normalized spacial score (nSPS) is 8.58. The van der Waals surface area contributed by atoms with Gasteiger partial charge in [0.2, 0.25) is 0 Å². The molecule has 0 amide bonds. The quantitative estimate of drug-likeness (QED) is 0.366. The molecule has 0 rings (SSSR count). The van der Waals surface area contributed by atoms with E-state index in [2.05, 4.69) is 10.5 Å². The topological polar surface area (TPSA) is 26.3 Å². The molecule has 0 aliphatic heterocycles. The maximum Gasteiger partial charge on any atom is 0.341 e. The summed E-state index contributed by atoms with van der Waals surface area (Å²) in [6.45, 7) is 4.03. The average Bonchev–Trinajstić information content (AvgIpc) is 2.11. The van der Waals surface area contributed by atoms with Gasteiger partial charge in [-0.05, 0) is 18.9 Å². The van der Waals surface area contributed by atoms with E-state index in [0.29, 0.717) is 5.57 Å². The van der Waals surface area contributed by atoms with Crippen LogP contribution in [0.2, 0.25) is 0 Å². The summed E-state index contributed by atoms with van der Waals surface area (Å²) in [6, 6.07) is 0.